The van der Waals surface area contributed by atoms with Crippen LogP contribution < -0.4 is 5.73 Å². The Morgan fingerprint density at radius 1 is 1.64 bits per heavy atom. The van der Waals surface area contributed by atoms with Gasteiger partial charge in [-0.1, -0.05) is 0 Å². The zero-order chi connectivity index (χ0) is 10.1. The summed E-state index contributed by atoms with van der Waals surface area (Å²) >= 11 is 0. The molecular formula is C10H18N4. The Morgan fingerprint density at radius 3 is 3.14 bits per heavy atom. The van der Waals surface area contributed by atoms with Gasteiger partial charge >= 0.3 is 0 Å². The lowest BCUT2D eigenvalue weighted by atomic mass is 10.0. The summed E-state index contributed by atoms with van der Waals surface area (Å²) in [5.41, 5.74) is 8.49. The highest BCUT2D eigenvalue weighted by molar-refractivity contribution is 5.15. The summed E-state index contributed by atoms with van der Waals surface area (Å²) in [5, 5.41) is 0. The first kappa shape index (κ1) is 9.68. The van der Waals surface area contributed by atoms with E-state index in [4.69, 9.17) is 5.73 Å². The van der Waals surface area contributed by atoms with Gasteiger partial charge in [-0.05, 0) is 26.9 Å². The van der Waals surface area contributed by atoms with Crippen LogP contribution in [0.1, 0.15) is 17.8 Å². The van der Waals surface area contributed by atoms with Crippen molar-refractivity contribution in [3.8, 4) is 0 Å². The summed E-state index contributed by atoms with van der Waals surface area (Å²) in [6.07, 6.45) is 4.09. The van der Waals surface area contributed by atoms with E-state index in [0.717, 1.165) is 25.9 Å². The molecule has 0 bridgehead atoms. The number of imidazole rings is 1. The molecule has 4 heteroatoms. The molecule has 0 spiro atoms. The molecule has 0 aliphatic carbocycles. The second-order valence-corrected chi connectivity index (χ2v) is 4.33. The molecule has 0 aromatic carbocycles. The molecule has 0 saturated carbocycles. The Balaban J connectivity index is 2.20. The van der Waals surface area contributed by atoms with Gasteiger partial charge in [-0.25, -0.2) is 4.98 Å². The van der Waals surface area contributed by atoms with E-state index in [0.29, 0.717) is 6.04 Å². The summed E-state index contributed by atoms with van der Waals surface area (Å²) in [6, 6.07) is 0.309. The number of rotatable bonds is 2. The number of nitrogens with two attached hydrogens (primary N) is 1. The van der Waals surface area contributed by atoms with Gasteiger partial charge in [0.1, 0.15) is 0 Å². The first-order valence-electron chi connectivity index (χ1n) is 5.10. The fraction of sp³-hybridized carbons (Fsp3) is 0.700. The first-order chi connectivity index (χ1) is 6.66. The van der Waals surface area contributed by atoms with Crippen molar-refractivity contribution >= 4 is 0 Å². The normalized spacial score (nSPS) is 21.3. The van der Waals surface area contributed by atoms with Crippen LogP contribution in [0.2, 0.25) is 0 Å². The molecule has 1 aliphatic rings. The average molecular weight is 194 g/mol. The zero-order valence-corrected chi connectivity index (χ0v) is 8.90. The van der Waals surface area contributed by atoms with Crippen molar-refractivity contribution in [2.75, 3.05) is 14.1 Å². The van der Waals surface area contributed by atoms with Crippen LogP contribution in [-0.2, 0) is 19.5 Å². The highest BCUT2D eigenvalue weighted by atomic mass is 15.1. The lowest BCUT2D eigenvalue weighted by Crippen LogP contribution is -2.31. The monoisotopic (exact) mass is 194 g/mol. The second kappa shape index (κ2) is 3.71. The maximum atomic E-state index is 5.90. The summed E-state index contributed by atoms with van der Waals surface area (Å²) in [6.45, 7) is 1.85. The Labute approximate surface area is 84.7 Å². The third kappa shape index (κ3) is 1.81. The minimum absolute atomic E-state index is 0.309. The second-order valence-electron chi connectivity index (χ2n) is 4.33. The number of hydrogen-bond acceptors (Lipinski definition) is 3. The fourth-order valence-corrected chi connectivity index (χ4v) is 1.99. The predicted octanol–water partition coefficient (Wildman–Crippen LogP) is 0.218. The molecule has 0 fully saturated rings. The highest BCUT2D eigenvalue weighted by Gasteiger charge is 2.18. The van der Waals surface area contributed by atoms with Gasteiger partial charge in [-0.3, -0.25) is 0 Å². The zero-order valence-electron chi connectivity index (χ0n) is 8.90. The Morgan fingerprint density at radius 2 is 2.43 bits per heavy atom. The van der Waals surface area contributed by atoms with Crippen molar-refractivity contribution in [2.45, 2.75) is 32.0 Å². The van der Waals surface area contributed by atoms with Gasteiger partial charge in [0.05, 0.1) is 12.0 Å². The Bertz CT molecular complexity index is 316. The van der Waals surface area contributed by atoms with Crippen molar-refractivity contribution in [3.05, 3.63) is 17.7 Å². The molecule has 2 N–H and O–H groups in total. The molecule has 1 aliphatic heterocycles. The Kier molecular flexibility index (Phi) is 2.56. The fourth-order valence-electron chi connectivity index (χ4n) is 1.99. The molecule has 0 saturated heterocycles. The lowest BCUT2D eigenvalue weighted by molar-refractivity contribution is 0.390. The predicted molar refractivity (Wildman–Crippen MR) is 55.9 cm³/mol. The molecule has 1 aromatic rings. The number of aromatic nitrogens is 2. The number of nitrogens with zero attached hydrogens (tertiary/aromatic N) is 3. The van der Waals surface area contributed by atoms with Gasteiger partial charge in [0, 0.05) is 24.8 Å². The first-order valence-corrected chi connectivity index (χ1v) is 5.10. The molecule has 1 aromatic heterocycles. The molecule has 14 heavy (non-hydrogen) atoms. The largest absolute Gasteiger partial charge is 0.333 e. The van der Waals surface area contributed by atoms with Crippen LogP contribution >= 0.6 is 0 Å². The topological polar surface area (TPSA) is 47.1 Å². The number of hydrogen-bond donors (Lipinski definition) is 1. The van der Waals surface area contributed by atoms with Crippen LogP contribution in [0.3, 0.4) is 0 Å². The SMILES string of the molecule is CN(C)Cc1ncn2c1CCC(N)C2. The van der Waals surface area contributed by atoms with Crippen LogP contribution in [0.5, 0.6) is 0 Å². The summed E-state index contributed by atoms with van der Waals surface area (Å²) < 4.78 is 2.20. The van der Waals surface area contributed by atoms with Gasteiger partial charge in [0.15, 0.2) is 0 Å². The lowest BCUT2D eigenvalue weighted by Gasteiger charge is -2.21. The van der Waals surface area contributed by atoms with E-state index >= 15 is 0 Å². The van der Waals surface area contributed by atoms with Crippen LogP contribution in [0.15, 0.2) is 6.33 Å². The van der Waals surface area contributed by atoms with Crippen molar-refractivity contribution in [1.82, 2.24) is 14.5 Å². The third-order valence-electron chi connectivity index (χ3n) is 2.68. The third-order valence-corrected chi connectivity index (χ3v) is 2.68. The van der Waals surface area contributed by atoms with E-state index in [1.54, 1.807) is 0 Å². The van der Waals surface area contributed by atoms with E-state index < -0.39 is 0 Å². The van der Waals surface area contributed by atoms with Gasteiger partial charge in [0.2, 0.25) is 0 Å². The van der Waals surface area contributed by atoms with Gasteiger partial charge < -0.3 is 15.2 Å². The van der Waals surface area contributed by atoms with Gasteiger partial charge in [-0.2, -0.15) is 0 Å². The van der Waals surface area contributed by atoms with Crippen molar-refractivity contribution < 1.29 is 0 Å². The van der Waals surface area contributed by atoms with Crippen molar-refractivity contribution in [1.29, 1.82) is 0 Å². The Hall–Kier alpha value is -0.870. The van der Waals surface area contributed by atoms with Crippen LogP contribution in [0.4, 0.5) is 0 Å². The van der Waals surface area contributed by atoms with Crippen LogP contribution in [0, 0.1) is 0 Å². The minimum atomic E-state index is 0.309. The maximum absolute atomic E-state index is 5.90. The van der Waals surface area contributed by atoms with Crippen LogP contribution in [-0.4, -0.2) is 34.6 Å². The van der Waals surface area contributed by atoms with Crippen LogP contribution in [0.25, 0.3) is 0 Å². The van der Waals surface area contributed by atoms with E-state index in [-0.39, 0.29) is 0 Å². The smallest absolute Gasteiger partial charge is 0.0952 e. The molecule has 0 amide bonds. The minimum Gasteiger partial charge on any atom is -0.333 e. The van der Waals surface area contributed by atoms with Gasteiger partial charge in [-0.15, -0.1) is 0 Å². The molecule has 78 valence electrons. The molecule has 0 radical (unpaired) electrons. The maximum Gasteiger partial charge on any atom is 0.0952 e. The van der Waals surface area contributed by atoms with E-state index in [1.807, 2.05) is 6.33 Å². The molecule has 1 atom stereocenters. The molecular weight excluding hydrogens is 176 g/mol. The van der Waals surface area contributed by atoms with E-state index in [2.05, 4.69) is 28.5 Å². The standard InChI is InChI=1S/C10H18N4/c1-13(2)6-9-10-4-3-8(11)5-14(10)7-12-9/h7-8H,3-6,11H2,1-2H3. The quantitative estimate of drug-likeness (QED) is 0.732. The van der Waals surface area contributed by atoms with E-state index in [9.17, 15) is 0 Å². The van der Waals surface area contributed by atoms with Crippen molar-refractivity contribution in [2.24, 2.45) is 5.73 Å². The average Bonchev–Trinajstić information content (AvgIpc) is 2.47. The van der Waals surface area contributed by atoms with Crippen molar-refractivity contribution in [3.63, 3.8) is 0 Å². The number of fused-ring (bicyclic) bond motifs is 1. The molecule has 4 nitrogen and oxygen atoms in total. The summed E-state index contributed by atoms with van der Waals surface area (Å²) in [7, 11) is 4.14. The van der Waals surface area contributed by atoms with E-state index in [1.165, 1.54) is 11.4 Å². The molecule has 2 heterocycles. The summed E-state index contributed by atoms with van der Waals surface area (Å²) in [4.78, 5) is 6.59. The van der Waals surface area contributed by atoms with Gasteiger partial charge in [0.25, 0.3) is 0 Å². The molecule has 2 rings (SSSR count). The molecule has 1 unspecified atom stereocenters. The summed E-state index contributed by atoms with van der Waals surface area (Å²) in [5.74, 6) is 0. The highest BCUT2D eigenvalue weighted by Crippen LogP contribution is 2.17.